The molecule has 0 heterocycles. The number of hydrogen-bond acceptors (Lipinski definition) is 1. The largest absolute Gasteiger partial charge is 0.481 e. The monoisotopic (exact) mass is 340 g/mol. The Kier molecular flexibility index (Phi) is 11.7. The van der Waals surface area contributed by atoms with Gasteiger partial charge in [0, 0.05) is 0 Å². The average molecular weight is 341 g/mol. The van der Waals surface area contributed by atoms with Crippen molar-refractivity contribution in [2.24, 2.45) is 16.7 Å². The van der Waals surface area contributed by atoms with E-state index in [0.717, 1.165) is 70.6 Å². The van der Waals surface area contributed by atoms with Gasteiger partial charge in [-0.15, -0.1) is 0 Å². The van der Waals surface area contributed by atoms with Crippen molar-refractivity contribution in [1.82, 2.24) is 0 Å². The summed E-state index contributed by atoms with van der Waals surface area (Å²) in [4.78, 5) is 12.4. The molecule has 0 aromatic rings. The Morgan fingerprint density at radius 1 is 0.792 bits per heavy atom. The first-order valence-corrected chi connectivity index (χ1v) is 10.5. The number of carboxylic acids is 1. The Balaban J connectivity index is 5.29. The third kappa shape index (κ3) is 8.53. The van der Waals surface area contributed by atoms with Crippen molar-refractivity contribution < 1.29 is 9.90 Å². The Morgan fingerprint density at radius 3 is 1.62 bits per heavy atom. The van der Waals surface area contributed by atoms with E-state index < -0.39 is 11.4 Å². The van der Waals surface area contributed by atoms with Crippen molar-refractivity contribution in [1.29, 1.82) is 0 Å². The van der Waals surface area contributed by atoms with Gasteiger partial charge in [0.2, 0.25) is 0 Å². The summed E-state index contributed by atoms with van der Waals surface area (Å²) in [6.45, 7) is 13.4. The third-order valence-corrected chi connectivity index (χ3v) is 5.55. The summed E-state index contributed by atoms with van der Waals surface area (Å²) in [5, 5.41) is 10.2. The molecule has 0 aromatic carbocycles. The SMILES string of the molecule is CCCCC(CCCC(C)(C)C)C(CCCC)(CCCC)C(=O)O. The maximum absolute atomic E-state index is 12.4. The fourth-order valence-corrected chi connectivity index (χ4v) is 3.93. The minimum atomic E-state index is -0.527. The van der Waals surface area contributed by atoms with Crippen LogP contribution >= 0.6 is 0 Å². The van der Waals surface area contributed by atoms with E-state index in [2.05, 4.69) is 41.5 Å². The highest BCUT2D eigenvalue weighted by Crippen LogP contribution is 2.44. The van der Waals surface area contributed by atoms with Gasteiger partial charge in [-0.05, 0) is 43.4 Å². The molecule has 0 aliphatic heterocycles. The number of rotatable bonds is 14. The molecule has 0 aromatic heterocycles. The van der Waals surface area contributed by atoms with Gasteiger partial charge in [-0.3, -0.25) is 4.79 Å². The van der Waals surface area contributed by atoms with Crippen LogP contribution in [0.4, 0.5) is 0 Å². The summed E-state index contributed by atoms with van der Waals surface area (Å²) >= 11 is 0. The topological polar surface area (TPSA) is 37.3 Å². The zero-order valence-electron chi connectivity index (χ0n) is 17.4. The molecule has 0 amide bonds. The summed E-state index contributed by atoms with van der Waals surface area (Å²) in [6, 6.07) is 0. The Labute approximate surface area is 151 Å². The Hall–Kier alpha value is -0.530. The highest BCUT2D eigenvalue weighted by molar-refractivity contribution is 5.75. The maximum atomic E-state index is 12.4. The molecule has 2 nitrogen and oxygen atoms in total. The summed E-state index contributed by atoms with van der Waals surface area (Å²) < 4.78 is 0. The summed E-state index contributed by atoms with van der Waals surface area (Å²) in [5.41, 5.74) is -0.146. The van der Waals surface area contributed by atoms with Crippen molar-refractivity contribution in [3.63, 3.8) is 0 Å². The predicted molar refractivity (Wildman–Crippen MR) is 105 cm³/mol. The quantitative estimate of drug-likeness (QED) is 0.356. The fraction of sp³-hybridized carbons (Fsp3) is 0.955. The van der Waals surface area contributed by atoms with E-state index in [0.29, 0.717) is 11.3 Å². The number of aliphatic carboxylic acids is 1. The van der Waals surface area contributed by atoms with Crippen LogP contribution in [0.1, 0.15) is 119 Å². The lowest BCUT2D eigenvalue weighted by molar-refractivity contribution is -0.155. The molecule has 1 atom stereocenters. The highest BCUT2D eigenvalue weighted by atomic mass is 16.4. The molecule has 0 radical (unpaired) electrons. The third-order valence-electron chi connectivity index (χ3n) is 5.55. The maximum Gasteiger partial charge on any atom is 0.309 e. The number of carbonyl (C=O) groups is 1. The standard InChI is InChI=1S/C22H44O2/c1-7-10-14-19(15-13-16-21(4,5)6)22(20(23)24,17-11-8-2)18-12-9-3/h19H,7-18H2,1-6H3,(H,23,24). The van der Waals surface area contributed by atoms with Gasteiger partial charge in [-0.25, -0.2) is 0 Å². The molecule has 144 valence electrons. The molecular formula is C22H44O2. The Bertz CT molecular complexity index is 319. The minimum absolute atomic E-state index is 0.341. The molecule has 0 aliphatic carbocycles. The van der Waals surface area contributed by atoms with Crippen LogP contribution < -0.4 is 0 Å². The second-order valence-corrected chi connectivity index (χ2v) is 8.96. The molecule has 1 unspecified atom stereocenters. The number of hydrogen-bond donors (Lipinski definition) is 1. The molecule has 0 bridgehead atoms. The van der Waals surface area contributed by atoms with Crippen LogP contribution in [0.2, 0.25) is 0 Å². The molecule has 0 fully saturated rings. The van der Waals surface area contributed by atoms with Crippen molar-refractivity contribution >= 4 is 5.97 Å². The van der Waals surface area contributed by atoms with Crippen LogP contribution in [0.3, 0.4) is 0 Å². The molecule has 0 spiro atoms. The minimum Gasteiger partial charge on any atom is -0.481 e. The molecule has 0 saturated heterocycles. The van der Waals surface area contributed by atoms with Gasteiger partial charge in [-0.1, -0.05) is 86.5 Å². The molecule has 0 saturated carbocycles. The van der Waals surface area contributed by atoms with Crippen LogP contribution in [0.25, 0.3) is 0 Å². The number of unbranched alkanes of at least 4 members (excludes halogenated alkanes) is 3. The molecule has 2 heteroatoms. The van der Waals surface area contributed by atoms with Gasteiger partial charge >= 0.3 is 5.97 Å². The average Bonchev–Trinajstić information content (AvgIpc) is 2.50. The van der Waals surface area contributed by atoms with Crippen molar-refractivity contribution in [2.75, 3.05) is 0 Å². The van der Waals surface area contributed by atoms with E-state index in [9.17, 15) is 9.90 Å². The zero-order valence-corrected chi connectivity index (χ0v) is 17.4. The fourth-order valence-electron chi connectivity index (χ4n) is 3.93. The van der Waals surface area contributed by atoms with Gasteiger partial charge in [0.05, 0.1) is 5.41 Å². The van der Waals surface area contributed by atoms with E-state index in [-0.39, 0.29) is 0 Å². The van der Waals surface area contributed by atoms with Crippen LogP contribution in [0.15, 0.2) is 0 Å². The van der Waals surface area contributed by atoms with E-state index in [1.54, 1.807) is 0 Å². The van der Waals surface area contributed by atoms with Crippen molar-refractivity contribution in [2.45, 2.75) is 119 Å². The second-order valence-electron chi connectivity index (χ2n) is 8.96. The van der Waals surface area contributed by atoms with Gasteiger partial charge in [0.1, 0.15) is 0 Å². The predicted octanol–water partition coefficient (Wildman–Crippen LogP) is 7.46. The van der Waals surface area contributed by atoms with E-state index in [1.807, 2.05) is 0 Å². The van der Waals surface area contributed by atoms with Gasteiger partial charge in [0.25, 0.3) is 0 Å². The van der Waals surface area contributed by atoms with E-state index >= 15 is 0 Å². The van der Waals surface area contributed by atoms with Gasteiger partial charge in [-0.2, -0.15) is 0 Å². The first kappa shape index (κ1) is 23.5. The van der Waals surface area contributed by atoms with Crippen LogP contribution in [-0.4, -0.2) is 11.1 Å². The summed E-state index contributed by atoms with van der Waals surface area (Å²) in [5.74, 6) is -0.184. The highest BCUT2D eigenvalue weighted by Gasteiger charge is 2.43. The smallest absolute Gasteiger partial charge is 0.309 e. The zero-order chi connectivity index (χ0) is 18.6. The summed E-state index contributed by atoms with van der Waals surface area (Å²) in [6.07, 6.45) is 12.8. The van der Waals surface area contributed by atoms with E-state index in [1.165, 1.54) is 6.42 Å². The van der Waals surface area contributed by atoms with Gasteiger partial charge < -0.3 is 5.11 Å². The van der Waals surface area contributed by atoms with Crippen molar-refractivity contribution in [3.8, 4) is 0 Å². The molecule has 24 heavy (non-hydrogen) atoms. The second kappa shape index (κ2) is 11.9. The normalized spacial score (nSPS) is 13.9. The number of carboxylic acid groups (broad SMARTS) is 1. The Morgan fingerprint density at radius 2 is 1.25 bits per heavy atom. The van der Waals surface area contributed by atoms with E-state index in [4.69, 9.17) is 0 Å². The van der Waals surface area contributed by atoms with Crippen LogP contribution in [-0.2, 0) is 4.79 Å². The molecule has 1 N–H and O–H groups in total. The van der Waals surface area contributed by atoms with Gasteiger partial charge in [0.15, 0.2) is 0 Å². The van der Waals surface area contributed by atoms with Crippen molar-refractivity contribution in [3.05, 3.63) is 0 Å². The first-order chi connectivity index (χ1) is 11.2. The summed E-state index contributed by atoms with van der Waals surface area (Å²) in [7, 11) is 0. The van der Waals surface area contributed by atoms with Crippen LogP contribution in [0.5, 0.6) is 0 Å². The lowest BCUT2D eigenvalue weighted by Gasteiger charge is -2.38. The molecular weight excluding hydrogens is 296 g/mol. The lowest BCUT2D eigenvalue weighted by Crippen LogP contribution is -2.39. The first-order valence-electron chi connectivity index (χ1n) is 10.5. The lowest BCUT2D eigenvalue weighted by atomic mass is 9.65. The molecule has 0 rings (SSSR count). The molecule has 0 aliphatic rings. The van der Waals surface area contributed by atoms with Crippen LogP contribution in [0, 0.1) is 16.7 Å².